The summed E-state index contributed by atoms with van der Waals surface area (Å²) in [5.74, 6) is 0.327. The molecule has 1 unspecified atom stereocenters. The monoisotopic (exact) mass is 529 g/mol. The van der Waals surface area contributed by atoms with Gasteiger partial charge in [0.15, 0.2) is 17.7 Å². The molecule has 0 saturated heterocycles. The summed E-state index contributed by atoms with van der Waals surface area (Å²) < 4.78 is 31.9. The Kier molecular flexibility index (Phi) is 7.18. The normalized spacial score (nSPS) is 14.8. The van der Waals surface area contributed by atoms with E-state index in [2.05, 4.69) is 5.10 Å². The maximum Gasteiger partial charge on any atom is 0.376 e. The van der Waals surface area contributed by atoms with Crippen molar-refractivity contribution < 1.29 is 23.4 Å². The Morgan fingerprint density at radius 2 is 1.67 bits per heavy atom. The SMILES string of the molecule is CCOC(=O)C1=NN(c2ccc(F)cc2)C(c2cn(-c3ccccc3)nc2-c2ccc(OC)c(OC)c2)N1C. The summed E-state index contributed by atoms with van der Waals surface area (Å²) in [4.78, 5) is 14.6. The van der Waals surface area contributed by atoms with Crippen molar-refractivity contribution in [1.82, 2.24) is 14.7 Å². The predicted molar refractivity (Wildman–Crippen MR) is 146 cm³/mol. The van der Waals surface area contributed by atoms with Gasteiger partial charge in [0.2, 0.25) is 5.84 Å². The minimum atomic E-state index is -0.601. The van der Waals surface area contributed by atoms with Crippen LogP contribution in [0.15, 0.2) is 84.1 Å². The first kappa shape index (κ1) is 25.8. The zero-order valence-corrected chi connectivity index (χ0v) is 22.0. The van der Waals surface area contributed by atoms with Crippen LogP contribution < -0.4 is 14.5 Å². The topological polar surface area (TPSA) is 81.4 Å². The lowest BCUT2D eigenvalue weighted by atomic mass is 10.0. The molecule has 1 aliphatic rings. The lowest BCUT2D eigenvalue weighted by Crippen LogP contribution is -2.36. The second kappa shape index (κ2) is 10.9. The van der Waals surface area contributed by atoms with Gasteiger partial charge in [0.1, 0.15) is 11.5 Å². The number of amidine groups is 1. The standard InChI is InChI=1S/C29H28FN5O4/c1-5-39-29(36)27-32-35(22-14-12-20(30)13-15-22)28(33(27)2)23-18-34(21-9-7-6-8-10-21)31-26(23)19-11-16-24(37-3)25(17-19)38-4/h6-18,28H,5H2,1-4H3. The molecule has 39 heavy (non-hydrogen) atoms. The number of esters is 1. The Hall–Kier alpha value is -4.86. The van der Waals surface area contributed by atoms with Crippen molar-refractivity contribution in [3.63, 3.8) is 0 Å². The van der Waals surface area contributed by atoms with Crippen LogP contribution >= 0.6 is 0 Å². The third-order valence-corrected chi connectivity index (χ3v) is 6.38. The summed E-state index contributed by atoms with van der Waals surface area (Å²) in [6.07, 6.45) is 1.30. The van der Waals surface area contributed by atoms with Crippen LogP contribution in [0.4, 0.5) is 10.1 Å². The van der Waals surface area contributed by atoms with Gasteiger partial charge in [-0.3, -0.25) is 0 Å². The number of hydrogen-bond acceptors (Lipinski definition) is 8. The van der Waals surface area contributed by atoms with Gasteiger partial charge in [-0.15, -0.1) is 5.10 Å². The molecule has 2 heterocycles. The molecule has 0 bridgehead atoms. The smallest absolute Gasteiger partial charge is 0.376 e. The third-order valence-electron chi connectivity index (χ3n) is 6.38. The fraction of sp³-hybridized carbons (Fsp3) is 0.207. The van der Waals surface area contributed by atoms with Crippen molar-refractivity contribution in [3.8, 4) is 28.4 Å². The molecule has 0 saturated carbocycles. The fourth-order valence-corrected chi connectivity index (χ4v) is 4.52. The van der Waals surface area contributed by atoms with Crippen LogP contribution in [0, 0.1) is 5.82 Å². The number of nitrogens with zero attached hydrogens (tertiary/aromatic N) is 5. The molecular weight excluding hydrogens is 501 g/mol. The summed E-state index contributed by atoms with van der Waals surface area (Å²) in [6.45, 7) is 1.94. The summed E-state index contributed by atoms with van der Waals surface area (Å²) in [6, 6.07) is 21.2. The Morgan fingerprint density at radius 3 is 2.33 bits per heavy atom. The molecule has 200 valence electrons. The number of hydrogen-bond donors (Lipinski definition) is 0. The number of halogens is 1. The minimum Gasteiger partial charge on any atom is -0.493 e. The van der Waals surface area contributed by atoms with Gasteiger partial charge < -0.3 is 19.1 Å². The molecule has 10 heteroatoms. The van der Waals surface area contributed by atoms with Crippen LogP contribution in [0.25, 0.3) is 16.9 Å². The van der Waals surface area contributed by atoms with E-state index in [1.54, 1.807) is 54.9 Å². The zero-order valence-electron chi connectivity index (χ0n) is 22.0. The fourth-order valence-electron chi connectivity index (χ4n) is 4.52. The maximum atomic E-state index is 13.8. The van der Waals surface area contributed by atoms with E-state index in [1.165, 1.54) is 12.1 Å². The summed E-state index contributed by atoms with van der Waals surface area (Å²) >= 11 is 0. The number of likely N-dealkylation sites (N-methyl/N-ethyl adjacent to an activating group) is 1. The number of benzene rings is 3. The molecule has 9 nitrogen and oxygen atoms in total. The van der Waals surface area contributed by atoms with Gasteiger partial charge in [-0.2, -0.15) is 5.10 Å². The first-order valence-corrected chi connectivity index (χ1v) is 12.4. The van der Waals surface area contributed by atoms with E-state index in [0.29, 0.717) is 22.9 Å². The van der Waals surface area contributed by atoms with Gasteiger partial charge in [0.05, 0.1) is 32.2 Å². The van der Waals surface area contributed by atoms with Gasteiger partial charge in [-0.05, 0) is 61.5 Å². The Labute approximate surface area is 225 Å². The van der Waals surface area contributed by atoms with E-state index < -0.39 is 12.1 Å². The molecule has 0 N–H and O–H groups in total. The number of carbonyl (C=O) groups excluding carboxylic acids is 1. The van der Waals surface area contributed by atoms with E-state index in [-0.39, 0.29) is 18.3 Å². The number of anilines is 1. The van der Waals surface area contributed by atoms with Crippen molar-refractivity contribution in [2.45, 2.75) is 13.1 Å². The molecule has 0 radical (unpaired) electrons. The molecule has 0 fully saturated rings. The minimum absolute atomic E-state index is 0.122. The summed E-state index contributed by atoms with van der Waals surface area (Å²) in [5.41, 5.74) is 3.61. The van der Waals surface area contributed by atoms with Crippen LogP contribution in [0.5, 0.6) is 11.5 Å². The van der Waals surface area contributed by atoms with Gasteiger partial charge in [0, 0.05) is 24.4 Å². The Balaban J connectivity index is 1.70. The highest BCUT2D eigenvalue weighted by Crippen LogP contribution is 2.41. The van der Waals surface area contributed by atoms with Crippen LogP contribution in [0.1, 0.15) is 18.7 Å². The third kappa shape index (κ3) is 4.88. The largest absolute Gasteiger partial charge is 0.493 e. The van der Waals surface area contributed by atoms with E-state index in [0.717, 1.165) is 16.8 Å². The molecule has 0 spiro atoms. The molecule has 1 atom stereocenters. The summed E-state index contributed by atoms with van der Waals surface area (Å²) in [5, 5.41) is 11.2. The second-order valence-corrected chi connectivity index (χ2v) is 8.73. The second-order valence-electron chi connectivity index (χ2n) is 8.73. The first-order chi connectivity index (χ1) is 18.9. The lowest BCUT2D eigenvalue weighted by Gasteiger charge is -2.29. The quantitative estimate of drug-likeness (QED) is 0.297. The molecule has 0 amide bonds. The average molecular weight is 530 g/mol. The van der Waals surface area contributed by atoms with Crippen LogP contribution in [0.3, 0.4) is 0 Å². The number of hydrazone groups is 1. The number of ether oxygens (including phenoxy) is 3. The number of rotatable bonds is 8. The van der Waals surface area contributed by atoms with E-state index in [9.17, 15) is 9.18 Å². The van der Waals surface area contributed by atoms with E-state index in [1.807, 2.05) is 54.7 Å². The van der Waals surface area contributed by atoms with Crippen molar-refractivity contribution in [3.05, 3.63) is 90.4 Å². The van der Waals surface area contributed by atoms with Gasteiger partial charge in [0.25, 0.3) is 0 Å². The van der Waals surface area contributed by atoms with Crippen LogP contribution in [0.2, 0.25) is 0 Å². The molecule has 1 aromatic heterocycles. The molecule has 1 aliphatic heterocycles. The van der Waals surface area contributed by atoms with Crippen molar-refractivity contribution in [2.75, 3.05) is 32.9 Å². The molecule has 3 aromatic carbocycles. The van der Waals surface area contributed by atoms with Crippen molar-refractivity contribution in [1.29, 1.82) is 0 Å². The summed E-state index contributed by atoms with van der Waals surface area (Å²) in [7, 11) is 4.92. The number of carbonyl (C=O) groups is 1. The highest BCUT2D eigenvalue weighted by Gasteiger charge is 2.40. The van der Waals surface area contributed by atoms with Gasteiger partial charge >= 0.3 is 5.97 Å². The number of para-hydroxylation sites is 1. The predicted octanol–water partition coefficient (Wildman–Crippen LogP) is 5.02. The Morgan fingerprint density at radius 1 is 0.949 bits per heavy atom. The molecular formula is C29H28FN5O4. The highest BCUT2D eigenvalue weighted by atomic mass is 19.1. The van der Waals surface area contributed by atoms with Crippen molar-refractivity contribution in [2.24, 2.45) is 5.10 Å². The highest BCUT2D eigenvalue weighted by molar-refractivity contribution is 6.36. The maximum absolute atomic E-state index is 13.8. The lowest BCUT2D eigenvalue weighted by molar-refractivity contribution is -0.135. The van der Waals surface area contributed by atoms with E-state index >= 15 is 0 Å². The van der Waals surface area contributed by atoms with Crippen LogP contribution in [-0.2, 0) is 9.53 Å². The zero-order chi connectivity index (χ0) is 27.5. The number of aromatic nitrogens is 2. The van der Waals surface area contributed by atoms with Crippen molar-refractivity contribution >= 4 is 17.5 Å². The van der Waals surface area contributed by atoms with E-state index in [4.69, 9.17) is 19.3 Å². The van der Waals surface area contributed by atoms with Crippen LogP contribution in [-0.4, -0.2) is 54.4 Å². The molecule has 0 aliphatic carbocycles. The Bertz CT molecular complexity index is 1500. The van der Waals surface area contributed by atoms with Gasteiger partial charge in [-0.25, -0.2) is 18.9 Å². The number of methoxy groups -OCH3 is 2. The first-order valence-electron chi connectivity index (χ1n) is 12.4. The molecule has 5 rings (SSSR count). The molecule has 4 aromatic rings. The van der Waals surface area contributed by atoms with Gasteiger partial charge in [-0.1, -0.05) is 18.2 Å². The average Bonchev–Trinajstić information content (AvgIpc) is 3.55.